The molecule has 0 bridgehead atoms. The van der Waals surface area contributed by atoms with Crippen molar-refractivity contribution in [2.45, 2.75) is 51.3 Å². The first-order chi connectivity index (χ1) is 16.6. The average molecular weight is 476 g/mol. The van der Waals surface area contributed by atoms with E-state index in [2.05, 4.69) is 15.6 Å². The minimum absolute atomic E-state index is 0.103. The highest BCUT2D eigenvalue weighted by atomic mass is 32.1. The lowest BCUT2D eigenvalue weighted by Gasteiger charge is -2.32. The summed E-state index contributed by atoms with van der Waals surface area (Å²) in [5, 5.41) is 8.64. The van der Waals surface area contributed by atoms with Crippen LogP contribution in [0.3, 0.4) is 0 Å². The number of carbonyl (C=O) groups excluding carboxylic acids is 2. The van der Waals surface area contributed by atoms with Gasteiger partial charge in [0.25, 0.3) is 5.91 Å². The first-order valence-electron chi connectivity index (χ1n) is 11.6. The molecule has 3 aromatic rings. The lowest BCUT2D eigenvalue weighted by atomic mass is 9.90. The van der Waals surface area contributed by atoms with Gasteiger partial charge in [-0.05, 0) is 43.5 Å². The molecule has 2 N–H and O–H groups in total. The van der Waals surface area contributed by atoms with Crippen LogP contribution in [-0.4, -0.2) is 28.9 Å². The van der Waals surface area contributed by atoms with Crippen LogP contribution in [-0.2, 0) is 11.4 Å². The zero-order valence-electron chi connectivity index (χ0n) is 19.2. The molecule has 0 spiro atoms. The molecule has 1 fully saturated rings. The molecule has 1 aliphatic carbocycles. The number of nitrogens with zero attached hydrogens (tertiary/aromatic N) is 1. The van der Waals surface area contributed by atoms with Crippen molar-refractivity contribution in [2.24, 2.45) is 0 Å². The van der Waals surface area contributed by atoms with Crippen LogP contribution in [0.2, 0.25) is 0 Å². The van der Waals surface area contributed by atoms with Gasteiger partial charge in [0.05, 0.1) is 0 Å². The molecule has 0 radical (unpaired) electrons. The molecule has 6 nitrogen and oxygen atoms in total. The summed E-state index contributed by atoms with van der Waals surface area (Å²) in [7, 11) is 0. The van der Waals surface area contributed by atoms with Crippen molar-refractivity contribution < 1.29 is 14.3 Å². The molecule has 7 heteroatoms. The Morgan fingerprint density at radius 2 is 1.74 bits per heavy atom. The SMILES string of the molecule is Cc1ccc(OCc2nc(C(=O)N[C@@H]3CCCC[C@H]3NC(=O)/C=C/c3ccccc3)cs2)cc1. The smallest absolute Gasteiger partial charge is 0.271 e. The van der Waals surface area contributed by atoms with E-state index in [1.54, 1.807) is 17.5 Å². The summed E-state index contributed by atoms with van der Waals surface area (Å²) < 4.78 is 5.77. The molecule has 4 rings (SSSR count). The molecule has 0 aliphatic heterocycles. The zero-order chi connectivity index (χ0) is 23.8. The summed E-state index contributed by atoms with van der Waals surface area (Å²) in [5.74, 6) is 0.400. The van der Waals surface area contributed by atoms with Gasteiger partial charge in [0.2, 0.25) is 5.91 Å². The number of benzene rings is 2. The Bertz CT molecular complexity index is 1130. The molecule has 2 atom stereocenters. The van der Waals surface area contributed by atoms with Crippen LogP contribution in [0.25, 0.3) is 6.08 Å². The molecule has 0 unspecified atom stereocenters. The van der Waals surface area contributed by atoms with E-state index in [0.29, 0.717) is 12.3 Å². The summed E-state index contributed by atoms with van der Waals surface area (Å²) in [4.78, 5) is 29.7. The molecule has 1 aromatic heterocycles. The van der Waals surface area contributed by atoms with Crippen LogP contribution in [0.4, 0.5) is 0 Å². The maximum atomic E-state index is 12.8. The Hall–Kier alpha value is -3.45. The number of carbonyl (C=O) groups is 2. The number of thiazole rings is 1. The molecular weight excluding hydrogens is 446 g/mol. The van der Waals surface area contributed by atoms with Crippen molar-refractivity contribution in [3.63, 3.8) is 0 Å². The molecule has 2 amide bonds. The zero-order valence-corrected chi connectivity index (χ0v) is 20.0. The standard InChI is InChI=1S/C27H29N3O3S/c1-19-11-14-21(15-12-19)33-17-26-29-24(18-34-26)27(32)30-23-10-6-5-9-22(23)28-25(31)16-13-20-7-3-2-4-8-20/h2-4,7-8,11-16,18,22-23H,5-6,9-10,17H2,1H3,(H,28,31)(H,30,32)/b16-13+/t22-,23-/m1/s1. The number of nitrogens with one attached hydrogen (secondary N) is 2. The van der Waals surface area contributed by atoms with E-state index < -0.39 is 0 Å². The molecule has 1 aliphatic rings. The van der Waals surface area contributed by atoms with E-state index in [-0.39, 0.29) is 23.9 Å². The van der Waals surface area contributed by atoms with Gasteiger partial charge < -0.3 is 15.4 Å². The largest absolute Gasteiger partial charge is 0.486 e. The highest BCUT2D eigenvalue weighted by Gasteiger charge is 2.28. The monoisotopic (exact) mass is 475 g/mol. The van der Waals surface area contributed by atoms with Crippen LogP contribution in [0.1, 0.15) is 52.3 Å². The number of rotatable bonds is 8. The predicted molar refractivity (Wildman–Crippen MR) is 135 cm³/mol. The Kier molecular flexibility index (Phi) is 8.09. The summed E-state index contributed by atoms with van der Waals surface area (Å²) in [6.07, 6.45) is 7.04. The Morgan fingerprint density at radius 3 is 2.47 bits per heavy atom. The minimum Gasteiger partial charge on any atom is -0.486 e. The summed E-state index contributed by atoms with van der Waals surface area (Å²) in [6, 6.07) is 17.3. The highest BCUT2D eigenvalue weighted by molar-refractivity contribution is 7.09. The van der Waals surface area contributed by atoms with E-state index in [9.17, 15) is 9.59 Å². The van der Waals surface area contributed by atoms with Crippen molar-refractivity contribution in [3.05, 3.63) is 87.9 Å². The van der Waals surface area contributed by atoms with Gasteiger partial charge in [-0.15, -0.1) is 11.3 Å². The Morgan fingerprint density at radius 1 is 1.03 bits per heavy atom. The van der Waals surface area contributed by atoms with Gasteiger partial charge in [0.1, 0.15) is 23.1 Å². The second-order valence-corrected chi connectivity index (χ2v) is 9.39. The van der Waals surface area contributed by atoms with Crippen LogP contribution in [0.5, 0.6) is 5.75 Å². The number of aryl methyl sites for hydroxylation is 1. The van der Waals surface area contributed by atoms with Gasteiger partial charge in [-0.25, -0.2) is 4.98 Å². The molecular formula is C27H29N3O3S. The van der Waals surface area contributed by atoms with E-state index in [4.69, 9.17) is 4.74 Å². The number of hydrogen-bond donors (Lipinski definition) is 2. The first kappa shape index (κ1) is 23.7. The normalized spacial score (nSPS) is 17.9. The van der Waals surface area contributed by atoms with E-state index >= 15 is 0 Å². The van der Waals surface area contributed by atoms with Gasteiger partial charge in [-0.2, -0.15) is 0 Å². The average Bonchev–Trinajstić information content (AvgIpc) is 3.34. The molecule has 34 heavy (non-hydrogen) atoms. The van der Waals surface area contributed by atoms with Gasteiger partial charge in [0, 0.05) is 23.5 Å². The fourth-order valence-electron chi connectivity index (χ4n) is 3.95. The van der Waals surface area contributed by atoms with E-state index in [1.807, 2.05) is 61.5 Å². The fraction of sp³-hybridized carbons (Fsp3) is 0.296. The molecule has 0 saturated heterocycles. The molecule has 176 valence electrons. The van der Waals surface area contributed by atoms with Crippen LogP contribution >= 0.6 is 11.3 Å². The number of aromatic nitrogens is 1. The van der Waals surface area contributed by atoms with Gasteiger partial charge in [0.15, 0.2) is 0 Å². The minimum atomic E-state index is -0.219. The van der Waals surface area contributed by atoms with Crippen molar-refractivity contribution in [2.75, 3.05) is 0 Å². The molecule has 1 saturated carbocycles. The quantitative estimate of drug-likeness (QED) is 0.454. The number of amides is 2. The van der Waals surface area contributed by atoms with Crippen LogP contribution < -0.4 is 15.4 Å². The predicted octanol–water partition coefficient (Wildman–Crippen LogP) is 4.90. The lowest BCUT2D eigenvalue weighted by molar-refractivity contribution is -0.117. The fourth-order valence-corrected chi connectivity index (χ4v) is 4.63. The van der Waals surface area contributed by atoms with Crippen LogP contribution in [0, 0.1) is 6.92 Å². The third kappa shape index (κ3) is 6.78. The molecule has 1 heterocycles. The third-order valence-electron chi connectivity index (χ3n) is 5.80. The Balaban J connectivity index is 1.30. The molecule has 2 aromatic carbocycles. The van der Waals surface area contributed by atoms with Gasteiger partial charge in [-0.1, -0.05) is 60.9 Å². The maximum Gasteiger partial charge on any atom is 0.271 e. The van der Waals surface area contributed by atoms with Crippen molar-refractivity contribution in [3.8, 4) is 5.75 Å². The Labute approximate surface area is 204 Å². The highest BCUT2D eigenvalue weighted by Crippen LogP contribution is 2.20. The third-order valence-corrected chi connectivity index (χ3v) is 6.63. The number of ether oxygens (including phenoxy) is 1. The topological polar surface area (TPSA) is 80.3 Å². The maximum absolute atomic E-state index is 12.8. The van der Waals surface area contributed by atoms with E-state index in [1.165, 1.54) is 16.9 Å². The van der Waals surface area contributed by atoms with Gasteiger partial charge in [-0.3, -0.25) is 9.59 Å². The lowest BCUT2D eigenvalue weighted by Crippen LogP contribution is -2.53. The van der Waals surface area contributed by atoms with Crippen molar-refractivity contribution >= 4 is 29.2 Å². The van der Waals surface area contributed by atoms with Gasteiger partial charge >= 0.3 is 0 Å². The summed E-state index contributed by atoms with van der Waals surface area (Å²) in [5.41, 5.74) is 2.52. The summed E-state index contributed by atoms with van der Waals surface area (Å²) >= 11 is 1.40. The number of hydrogen-bond acceptors (Lipinski definition) is 5. The second kappa shape index (κ2) is 11.6. The van der Waals surface area contributed by atoms with Crippen molar-refractivity contribution in [1.82, 2.24) is 15.6 Å². The first-order valence-corrected chi connectivity index (χ1v) is 12.4. The second-order valence-electron chi connectivity index (χ2n) is 8.45. The van der Waals surface area contributed by atoms with E-state index in [0.717, 1.165) is 42.0 Å². The van der Waals surface area contributed by atoms with Crippen molar-refractivity contribution in [1.29, 1.82) is 0 Å². The summed E-state index contributed by atoms with van der Waals surface area (Å²) in [6.45, 7) is 2.34. The van der Waals surface area contributed by atoms with Crippen LogP contribution in [0.15, 0.2) is 66.1 Å².